The Bertz CT molecular complexity index is 440. The lowest BCUT2D eigenvalue weighted by Gasteiger charge is -2.03. The number of carbonyl (C=O) groups excluding carboxylic acids is 1. The van der Waals surface area contributed by atoms with Crippen LogP contribution in [-0.4, -0.2) is 17.7 Å². The van der Waals surface area contributed by atoms with Crippen molar-refractivity contribution in [2.75, 3.05) is 6.61 Å². The zero-order valence-electron chi connectivity index (χ0n) is 11.0. The standard InChI is InChI=1S/C13H16Cl2FNO2/c1-4-9(3)6-10(13(18)19-5-2)8-17-12(15)11(16)7-14/h6-8H,4-5H2,1-3H3. The largest absolute Gasteiger partial charge is 0.462 e. The van der Waals surface area contributed by atoms with E-state index in [4.69, 9.17) is 27.9 Å². The molecular formula is C13H16Cl2FNO2. The van der Waals surface area contributed by atoms with Crippen molar-refractivity contribution in [3.05, 3.63) is 34.8 Å². The number of esters is 1. The summed E-state index contributed by atoms with van der Waals surface area (Å²) >= 11 is 10.7. The van der Waals surface area contributed by atoms with Gasteiger partial charge in [0.2, 0.25) is 0 Å². The van der Waals surface area contributed by atoms with Crippen molar-refractivity contribution in [3.63, 3.8) is 0 Å². The molecule has 0 unspecified atom stereocenters. The van der Waals surface area contributed by atoms with E-state index in [1.54, 1.807) is 13.0 Å². The SMILES string of the molecule is CCOC(=O)C(C=C(C)CC)=CN=C(Cl)C(F)=CCl. The molecule has 3 nitrogen and oxygen atoms in total. The molecule has 6 heteroatoms. The third kappa shape index (κ3) is 7.13. The lowest BCUT2D eigenvalue weighted by molar-refractivity contribution is -0.138. The van der Waals surface area contributed by atoms with Gasteiger partial charge < -0.3 is 4.74 Å². The first-order valence-corrected chi connectivity index (χ1v) is 6.51. The van der Waals surface area contributed by atoms with Gasteiger partial charge in [-0.2, -0.15) is 0 Å². The van der Waals surface area contributed by atoms with Crippen LogP contribution in [0.3, 0.4) is 0 Å². The van der Waals surface area contributed by atoms with E-state index in [0.29, 0.717) is 5.54 Å². The molecule has 0 heterocycles. The summed E-state index contributed by atoms with van der Waals surface area (Å²) in [6.45, 7) is 5.74. The Balaban J connectivity index is 5.31. The molecule has 0 amide bonds. The second-order valence-corrected chi connectivity index (χ2v) is 4.10. The molecule has 19 heavy (non-hydrogen) atoms. The summed E-state index contributed by atoms with van der Waals surface area (Å²) in [6, 6.07) is 0. The van der Waals surface area contributed by atoms with Crippen molar-refractivity contribution in [3.8, 4) is 0 Å². The topological polar surface area (TPSA) is 38.7 Å². The Hall–Kier alpha value is -1.13. The highest BCUT2D eigenvalue weighted by Crippen LogP contribution is 2.11. The molecule has 0 saturated heterocycles. The van der Waals surface area contributed by atoms with Crippen molar-refractivity contribution in [1.82, 2.24) is 0 Å². The van der Waals surface area contributed by atoms with Crippen molar-refractivity contribution in [1.29, 1.82) is 0 Å². The van der Waals surface area contributed by atoms with Gasteiger partial charge in [0.25, 0.3) is 0 Å². The van der Waals surface area contributed by atoms with Gasteiger partial charge in [0.05, 0.1) is 12.2 Å². The van der Waals surface area contributed by atoms with Gasteiger partial charge in [-0.05, 0) is 26.3 Å². The van der Waals surface area contributed by atoms with Crippen LogP contribution in [0.2, 0.25) is 0 Å². The number of rotatable bonds is 6. The fourth-order valence-corrected chi connectivity index (χ4v) is 1.23. The predicted octanol–water partition coefficient (Wildman–Crippen LogP) is 4.48. The minimum absolute atomic E-state index is 0.196. The Kier molecular flexibility index (Phi) is 9.17. The second-order valence-electron chi connectivity index (χ2n) is 3.53. The van der Waals surface area contributed by atoms with E-state index in [1.807, 2.05) is 13.8 Å². The highest BCUT2D eigenvalue weighted by Gasteiger charge is 2.08. The fourth-order valence-electron chi connectivity index (χ4n) is 0.964. The molecule has 0 spiro atoms. The number of hydrogen-bond donors (Lipinski definition) is 0. The third-order valence-electron chi connectivity index (χ3n) is 2.08. The average Bonchev–Trinajstić information content (AvgIpc) is 2.41. The summed E-state index contributed by atoms with van der Waals surface area (Å²) in [5.41, 5.74) is 1.82. The molecule has 0 rings (SSSR count). The Labute approximate surface area is 122 Å². The van der Waals surface area contributed by atoms with Crippen LogP contribution >= 0.6 is 23.2 Å². The first kappa shape index (κ1) is 17.9. The van der Waals surface area contributed by atoms with Crippen LogP contribution in [0, 0.1) is 0 Å². The second kappa shape index (κ2) is 9.75. The molecule has 0 atom stereocenters. The van der Waals surface area contributed by atoms with Gasteiger partial charge in [-0.3, -0.25) is 0 Å². The van der Waals surface area contributed by atoms with E-state index >= 15 is 0 Å². The van der Waals surface area contributed by atoms with Crippen LogP contribution in [0.4, 0.5) is 4.39 Å². The van der Waals surface area contributed by atoms with Gasteiger partial charge in [0, 0.05) is 11.7 Å². The highest BCUT2D eigenvalue weighted by atomic mass is 35.5. The van der Waals surface area contributed by atoms with Crippen LogP contribution in [0.15, 0.2) is 39.8 Å². The summed E-state index contributed by atoms with van der Waals surface area (Å²) in [5.74, 6) is -1.42. The Morgan fingerprint density at radius 1 is 1.42 bits per heavy atom. The molecule has 0 aliphatic rings. The van der Waals surface area contributed by atoms with Gasteiger partial charge >= 0.3 is 5.97 Å². The molecule has 0 aliphatic heterocycles. The van der Waals surface area contributed by atoms with Crippen LogP contribution in [0.5, 0.6) is 0 Å². The van der Waals surface area contributed by atoms with Gasteiger partial charge in [0.15, 0.2) is 11.0 Å². The molecule has 106 valence electrons. The Morgan fingerprint density at radius 2 is 2.05 bits per heavy atom. The van der Waals surface area contributed by atoms with Crippen LogP contribution in [-0.2, 0) is 9.53 Å². The van der Waals surface area contributed by atoms with Crippen molar-refractivity contribution < 1.29 is 13.9 Å². The summed E-state index contributed by atoms with van der Waals surface area (Å²) in [7, 11) is 0. The molecule has 0 bridgehead atoms. The predicted molar refractivity (Wildman–Crippen MR) is 77.1 cm³/mol. The molecule has 0 saturated carbocycles. The van der Waals surface area contributed by atoms with E-state index in [9.17, 15) is 9.18 Å². The summed E-state index contributed by atoms with van der Waals surface area (Å²) in [4.78, 5) is 15.3. The molecule has 0 fully saturated rings. The third-order valence-corrected chi connectivity index (χ3v) is 2.55. The number of nitrogens with zero attached hydrogens (tertiary/aromatic N) is 1. The van der Waals surface area contributed by atoms with Crippen molar-refractivity contribution >= 4 is 34.3 Å². The monoisotopic (exact) mass is 307 g/mol. The number of ether oxygens (including phenoxy) is 1. The summed E-state index contributed by atoms with van der Waals surface area (Å²) < 4.78 is 17.8. The van der Waals surface area contributed by atoms with Crippen LogP contribution < -0.4 is 0 Å². The molecule has 0 aromatic rings. The maximum Gasteiger partial charge on any atom is 0.339 e. The van der Waals surface area contributed by atoms with Crippen LogP contribution in [0.25, 0.3) is 0 Å². The molecule has 0 aromatic carbocycles. The fraction of sp³-hybridized carbons (Fsp3) is 0.385. The minimum Gasteiger partial charge on any atom is -0.462 e. The van der Waals surface area contributed by atoms with Crippen molar-refractivity contribution in [2.45, 2.75) is 27.2 Å². The van der Waals surface area contributed by atoms with E-state index < -0.39 is 17.0 Å². The van der Waals surface area contributed by atoms with E-state index in [2.05, 4.69) is 4.99 Å². The maximum absolute atomic E-state index is 13.0. The van der Waals surface area contributed by atoms with E-state index in [-0.39, 0.29) is 12.2 Å². The summed E-state index contributed by atoms with van der Waals surface area (Å²) in [5, 5.41) is -0.431. The number of halogens is 3. The zero-order valence-corrected chi connectivity index (χ0v) is 12.6. The maximum atomic E-state index is 13.0. The first-order chi connectivity index (χ1) is 8.96. The van der Waals surface area contributed by atoms with Gasteiger partial charge in [-0.25, -0.2) is 14.2 Å². The number of aliphatic imine (C=N–C) groups is 1. The Morgan fingerprint density at radius 3 is 2.53 bits per heavy atom. The first-order valence-electron chi connectivity index (χ1n) is 5.70. The number of allylic oxidation sites excluding steroid dienone is 2. The van der Waals surface area contributed by atoms with E-state index in [1.165, 1.54) is 0 Å². The molecule has 0 aliphatic carbocycles. The highest BCUT2D eigenvalue weighted by molar-refractivity contribution is 6.69. The lowest BCUT2D eigenvalue weighted by atomic mass is 10.1. The normalized spacial score (nSPS) is 14.6. The smallest absolute Gasteiger partial charge is 0.339 e. The minimum atomic E-state index is -0.876. The molecule has 0 radical (unpaired) electrons. The van der Waals surface area contributed by atoms with E-state index in [0.717, 1.165) is 18.2 Å². The quantitative estimate of drug-likeness (QED) is 0.314. The lowest BCUT2D eigenvalue weighted by Crippen LogP contribution is -2.06. The zero-order chi connectivity index (χ0) is 14.8. The average molecular weight is 308 g/mol. The molecular weight excluding hydrogens is 292 g/mol. The van der Waals surface area contributed by atoms with Crippen molar-refractivity contribution in [2.24, 2.45) is 4.99 Å². The van der Waals surface area contributed by atoms with Gasteiger partial charge in [0.1, 0.15) is 0 Å². The van der Waals surface area contributed by atoms with Gasteiger partial charge in [-0.1, -0.05) is 35.7 Å². The molecule has 0 N–H and O–H groups in total. The number of carbonyl (C=O) groups is 1. The molecule has 0 aromatic heterocycles. The number of hydrogen-bond acceptors (Lipinski definition) is 3. The van der Waals surface area contributed by atoms with Crippen LogP contribution in [0.1, 0.15) is 27.2 Å². The van der Waals surface area contributed by atoms with Gasteiger partial charge in [-0.15, -0.1) is 0 Å². The summed E-state index contributed by atoms with van der Waals surface area (Å²) in [6.07, 6.45) is 3.54.